The third-order valence-electron chi connectivity index (χ3n) is 2.68. The van der Waals surface area contributed by atoms with E-state index < -0.39 is 17.6 Å². The van der Waals surface area contributed by atoms with Gasteiger partial charge in [0.15, 0.2) is 0 Å². The SMILES string of the molecule is Cc1cc(Cl)c(C(=O)Nc2cccc(C(F)(F)F)c2)cn1. The van der Waals surface area contributed by atoms with Crippen molar-refractivity contribution in [1.82, 2.24) is 4.98 Å². The minimum Gasteiger partial charge on any atom is -0.322 e. The number of anilines is 1. The lowest BCUT2D eigenvalue weighted by molar-refractivity contribution is -0.137. The maximum atomic E-state index is 12.6. The summed E-state index contributed by atoms with van der Waals surface area (Å²) < 4.78 is 37.8. The first kappa shape index (κ1) is 15.3. The predicted octanol–water partition coefficient (Wildman–Crippen LogP) is 4.31. The number of nitrogens with zero attached hydrogens (tertiary/aromatic N) is 1. The first-order valence-electron chi connectivity index (χ1n) is 5.88. The summed E-state index contributed by atoms with van der Waals surface area (Å²) >= 11 is 5.91. The van der Waals surface area contributed by atoms with Gasteiger partial charge in [-0.1, -0.05) is 17.7 Å². The Kier molecular flexibility index (Phi) is 4.18. The normalized spacial score (nSPS) is 11.3. The third kappa shape index (κ3) is 3.72. The topological polar surface area (TPSA) is 42.0 Å². The highest BCUT2D eigenvalue weighted by atomic mass is 35.5. The smallest absolute Gasteiger partial charge is 0.322 e. The summed E-state index contributed by atoms with van der Waals surface area (Å²) in [6.45, 7) is 1.71. The molecule has 7 heteroatoms. The van der Waals surface area contributed by atoms with Crippen molar-refractivity contribution in [3.8, 4) is 0 Å². The predicted molar refractivity (Wildman–Crippen MR) is 73.4 cm³/mol. The highest BCUT2D eigenvalue weighted by Gasteiger charge is 2.30. The van der Waals surface area contributed by atoms with Crippen molar-refractivity contribution < 1.29 is 18.0 Å². The summed E-state index contributed by atoms with van der Waals surface area (Å²) in [4.78, 5) is 15.9. The molecule has 0 atom stereocenters. The average molecular weight is 315 g/mol. The lowest BCUT2D eigenvalue weighted by Gasteiger charge is -2.10. The largest absolute Gasteiger partial charge is 0.416 e. The maximum Gasteiger partial charge on any atom is 0.416 e. The standard InChI is InChI=1S/C14H10ClF3N2O/c1-8-5-12(15)11(7-19-8)13(21)20-10-4-2-3-9(6-10)14(16,17)18/h2-7H,1H3,(H,20,21). The van der Waals surface area contributed by atoms with Crippen molar-refractivity contribution in [1.29, 1.82) is 0 Å². The van der Waals surface area contributed by atoms with E-state index in [0.717, 1.165) is 12.1 Å². The fourth-order valence-electron chi connectivity index (χ4n) is 1.67. The van der Waals surface area contributed by atoms with Crippen LogP contribution in [0.5, 0.6) is 0 Å². The van der Waals surface area contributed by atoms with Gasteiger partial charge < -0.3 is 5.32 Å². The van der Waals surface area contributed by atoms with E-state index in [4.69, 9.17) is 11.6 Å². The number of alkyl halides is 3. The molecule has 110 valence electrons. The van der Waals surface area contributed by atoms with E-state index in [9.17, 15) is 18.0 Å². The van der Waals surface area contributed by atoms with Gasteiger partial charge in [0, 0.05) is 17.6 Å². The molecule has 0 fully saturated rings. The van der Waals surface area contributed by atoms with Gasteiger partial charge in [0.25, 0.3) is 5.91 Å². The Labute approximate surface area is 123 Å². The quantitative estimate of drug-likeness (QED) is 0.897. The number of hydrogen-bond acceptors (Lipinski definition) is 2. The van der Waals surface area contributed by atoms with Crippen molar-refractivity contribution in [2.75, 3.05) is 5.32 Å². The molecule has 0 aliphatic heterocycles. The monoisotopic (exact) mass is 314 g/mol. The molecule has 1 aromatic carbocycles. The Bertz CT molecular complexity index is 686. The molecule has 0 spiro atoms. The fourth-order valence-corrected chi connectivity index (χ4v) is 1.96. The van der Waals surface area contributed by atoms with E-state index in [1.807, 2.05) is 0 Å². The zero-order chi connectivity index (χ0) is 15.6. The van der Waals surface area contributed by atoms with E-state index in [1.54, 1.807) is 6.92 Å². The molecule has 0 saturated heterocycles. The summed E-state index contributed by atoms with van der Waals surface area (Å²) in [5, 5.41) is 2.55. The molecule has 0 unspecified atom stereocenters. The van der Waals surface area contributed by atoms with Crippen LogP contribution < -0.4 is 5.32 Å². The minimum absolute atomic E-state index is 0.0338. The van der Waals surface area contributed by atoms with Crippen molar-refractivity contribution in [2.45, 2.75) is 13.1 Å². The summed E-state index contributed by atoms with van der Waals surface area (Å²) in [6.07, 6.45) is -3.19. The van der Waals surface area contributed by atoms with Crippen LogP contribution in [-0.4, -0.2) is 10.9 Å². The van der Waals surface area contributed by atoms with Gasteiger partial charge in [-0.25, -0.2) is 0 Å². The van der Waals surface area contributed by atoms with E-state index in [0.29, 0.717) is 5.69 Å². The highest BCUT2D eigenvalue weighted by molar-refractivity contribution is 6.34. The van der Waals surface area contributed by atoms with Gasteiger partial charge in [-0.3, -0.25) is 9.78 Å². The van der Waals surface area contributed by atoms with Crippen LogP contribution in [-0.2, 0) is 6.18 Å². The van der Waals surface area contributed by atoms with Gasteiger partial charge in [-0.15, -0.1) is 0 Å². The highest BCUT2D eigenvalue weighted by Crippen LogP contribution is 2.30. The van der Waals surface area contributed by atoms with E-state index in [1.165, 1.54) is 24.4 Å². The number of pyridine rings is 1. The summed E-state index contributed by atoms with van der Waals surface area (Å²) in [7, 11) is 0. The van der Waals surface area contributed by atoms with Crippen LogP contribution in [0.4, 0.5) is 18.9 Å². The van der Waals surface area contributed by atoms with E-state index in [2.05, 4.69) is 10.3 Å². The van der Waals surface area contributed by atoms with Gasteiger partial charge in [-0.2, -0.15) is 13.2 Å². The second-order valence-electron chi connectivity index (χ2n) is 4.34. The Hall–Kier alpha value is -2.08. The van der Waals surface area contributed by atoms with Crippen molar-refractivity contribution in [3.63, 3.8) is 0 Å². The Morgan fingerprint density at radius 1 is 1.29 bits per heavy atom. The molecule has 0 bridgehead atoms. The van der Waals surface area contributed by atoms with Crippen LogP contribution in [0.25, 0.3) is 0 Å². The number of carbonyl (C=O) groups excluding carboxylic acids is 1. The molecule has 2 aromatic rings. The van der Waals surface area contributed by atoms with Crippen molar-refractivity contribution >= 4 is 23.2 Å². The van der Waals surface area contributed by atoms with Crippen LogP contribution in [0, 0.1) is 6.92 Å². The first-order chi connectivity index (χ1) is 9.77. The Balaban J connectivity index is 2.24. The third-order valence-corrected chi connectivity index (χ3v) is 3.00. The first-order valence-corrected chi connectivity index (χ1v) is 6.26. The van der Waals surface area contributed by atoms with Crippen LogP contribution in [0.3, 0.4) is 0 Å². The van der Waals surface area contributed by atoms with Gasteiger partial charge in [-0.05, 0) is 31.2 Å². The molecule has 0 aliphatic rings. The number of halogens is 4. The summed E-state index contributed by atoms with van der Waals surface area (Å²) in [6, 6.07) is 5.86. The zero-order valence-electron chi connectivity index (χ0n) is 10.8. The van der Waals surface area contributed by atoms with Crippen molar-refractivity contribution in [3.05, 3.63) is 58.4 Å². The second-order valence-corrected chi connectivity index (χ2v) is 4.75. The van der Waals surface area contributed by atoms with Crippen LogP contribution in [0.1, 0.15) is 21.6 Å². The van der Waals surface area contributed by atoms with Crippen molar-refractivity contribution in [2.24, 2.45) is 0 Å². The van der Waals surface area contributed by atoms with Gasteiger partial charge in [0.2, 0.25) is 0 Å². The number of aromatic nitrogens is 1. The molecule has 3 nitrogen and oxygen atoms in total. The summed E-state index contributed by atoms with van der Waals surface area (Å²) in [5.74, 6) is -0.619. The number of carbonyl (C=O) groups is 1. The Morgan fingerprint density at radius 3 is 2.62 bits per heavy atom. The van der Waals surface area contributed by atoms with Crippen LogP contribution >= 0.6 is 11.6 Å². The molecular weight excluding hydrogens is 305 g/mol. The minimum atomic E-state index is -4.47. The molecule has 0 saturated carbocycles. The number of aryl methyl sites for hydroxylation is 1. The fraction of sp³-hybridized carbons (Fsp3) is 0.143. The molecule has 2 rings (SSSR count). The molecule has 1 aromatic heterocycles. The number of hydrogen-bond donors (Lipinski definition) is 1. The van der Waals surface area contributed by atoms with Gasteiger partial charge in [0.1, 0.15) is 0 Å². The maximum absolute atomic E-state index is 12.6. The molecular formula is C14H10ClF3N2O. The second kappa shape index (κ2) is 5.73. The lowest BCUT2D eigenvalue weighted by Crippen LogP contribution is -2.14. The summed E-state index contributed by atoms with van der Waals surface area (Å²) in [5.41, 5.74) is -0.0739. The van der Waals surface area contributed by atoms with Crippen LogP contribution in [0.2, 0.25) is 5.02 Å². The molecule has 1 heterocycles. The number of amides is 1. The number of nitrogens with one attached hydrogen (secondary N) is 1. The zero-order valence-corrected chi connectivity index (χ0v) is 11.6. The molecule has 21 heavy (non-hydrogen) atoms. The molecule has 0 aliphatic carbocycles. The van der Waals surface area contributed by atoms with E-state index in [-0.39, 0.29) is 16.3 Å². The number of benzene rings is 1. The molecule has 0 radical (unpaired) electrons. The number of rotatable bonds is 2. The average Bonchev–Trinajstić information content (AvgIpc) is 2.37. The lowest BCUT2D eigenvalue weighted by atomic mass is 10.2. The Morgan fingerprint density at radius 2 is 2.00 bits per heavy atom. The van der Waals surface area contributed by atoms with Gasteiger partial charge in [0.05, 0.1) is 16.1 Å². The van der Waals surface area contributed by atoms with E-state index >= 15 is 0 Å². The van der Waals surface area contributed by atoms with Crippen LogP contribution in [0.15, 0.2) is 36.5 Å². The molecule has 1 amide bonds. The molecule has 1 N–H and O–H groups in total. The van der Waals surface area contributed by atoms with Gasteiger partial charge >= 0.3 is 6.18 Å².